The van der Waals surface area contributed by atoms with Gasteiger partial charge >= 0.3 is 6.30 Å². The highest BCUT2D eigenvalue weighted by atomic mass is 35.5. The average Bonchev–Trinajstić information content (AvgIpc) is 3.06. The quantitative estimate of drug-likeness (QED) is 0.614. The summed E-state index contributed by atoms with van der Waals surface area (Å²) in [5.74, 6) is 5.48. The molecule has 1 fully saturated rings. The van der Waals surface area contributed by atoms with Gasteiger partial charge in [0.1, 0.15) is 5.15 Å². The zero-order chi connectivity index (χ0) is 18.7. The molecule has 138 valence electrons. The number of nitrogens with one attached hydrogen (secondary N) is 1. The molecule has 0 spiro atoms. The van der Waals surface area contributed by atoms with Crippen LogP contribution in [0.15, 0.2) is 24.7 Å². The van der Waals surface area contributed by atoms with Crippen LogP contribution in [0, 0.1) is 11.8 Å². The first-order valence-electron chi connectivity index (χ1n) is 8.05. The van der Waals surface area contributed by atoms with Crippen LogP contribution in [-0.2, 0) is 6.30 Å². The van der Waals surface area contributed by atoms with Gasteiger partial charge in [0.2, 0.25) is 0 Å². The third kappa shape index (κ3) is 4.68. The molecule has 0 saturated heterocycles. The van der Waals surface area contributed by atoms with Crippen molar-refractivity contribution in [1.29, 1.82) is 0 Å². The Labute approximate surface area is 153 Å². The Morgan fingerprint density at radius 1 is 1.19 bits per heavy atom. The highest BCUT2D eigenvalue weighted by molar-refractivity contribution is 6.29. The van der Waals surface area contributed by atoms with E-state index in [9.17, 15) is 18.3 Å². The van der Waals surface area contributed by atoms with Crippen LogP contribution in [0.2, 0.25) is 5.15 Å². The zero-order valence-corrected chi connectivity index (χ0v) is 14.3. The normalized spacial score (nSPS) is 20.3. The number of anilines is 1. The number of halogens is 4. The molecule has 2 heterocycles. The number of hydrogen-bond acceptors (Lipinski definition) is 4. The largest absolute Gasteiger partial charge is 0.504 e. The zero-order valence-electron chi connectivity index (χ0n) is 13.6. The molecule has 0 aromatic carbocycles. The van der Waals surface area contributed by atoms with E-state index in [1.54, 1.807) is 6.07 Å². The van der Waals surface area contributed by atoms with E-state index in [-0.39, 0.29) is 22.4 Å². The van der Waals surface area contributed by atoms with Crippen molar-refractivity contribution in [1.82, 2.24) is 14.8 Å². The lowest BCUT2D eigenvalue weighted by atomic mass is 9.93. The molecule has 2 aromatic heterocycles. The fraction of sp³-hybridized carbons (Fsp3) is 0.412. The van der Waals surface area contributed by atoms with Gasteiger partial charge in [-0.25, -0.2) is 4.98 Å². The van der Waals surface area contributed by atoms with Gasteiger partial charge in [-0.15, -0.1) is 13.2 Å². The minimum atomic E-state index is -4.57. The van der Waals surface area contributed by atoms with E-state index < -0.39 is 6.30 Å². The number of aromatic nitrogens is 3. The second kappa shape index (κ2) is 7.56. The maximum absolute atomic E-state index is 12.6. The Hall–Kier alpha value is -2.24. The molecule has 2 aromatic rings. The first-order chi connectivity index (χ1) is 12.3. The number of alkyl halides is 3. The molecule has 9 heteroatoms. The average molecular weight is 385 g/mol. The topological polar surface area (TPSA) is 63.0 Å². The number of aliphatic hydroxyl groups is 1. The fourth-order valence-corrected chi connectivity index (χ4v) is 2.91. The summed E-state index contributed by atoms with van der Waals surface area (Å²) in [7, 11) is 0. The molecule has 0 atom stereocenters. The molecule has 0 unspecified atom stereocenters. The number of rotatable bonds is 2. The summed E-state index contributed by atoms with van der Waals surface area (Å²) < 4.78 is 37.6. The number of nitrogens with zero attached hydrogens (tertiary/aromatic N) is 3. The monoisotopic (exact) mass is 384 g/mol. The molecule has 0 aliphatic heterocycles. The number of aliphatic hydroxyl groups excluding tert-OH is 1. The molecule has 26 heavy (non-hydrogen) atoms. The highest BCUT2D eigenvalue weighted by Crippen LogP contribution is 2.25. The predicted molar refractivity (Wildman–Crippen MR) is 90.6 cm³/mol. The van der Waals surface area contributed by atoms with Crippen LogP contribution in [0.4, 0.5) is 18.9 Å². The van der Waals surface area contributed by atoms with Crippen molar-refractivity contribution in [2.24, 2.45) is 0 Å². The smallest absolute Gasteiger partial charge is 0.393 e. The van der Waals surface area contributed by atoms with E-state index in [0.717, 1.165) is 25.2 Å². The lowest BCUT2D eigenvalue weighted by Gasteiger charge is -2.27. The van der Waals surface area contributed by atoms with Crippen molar-refractivity contribution in [3.63, 3.8) is 0 Å². The lowest BCUT2D eigenvalue weighted by molar-refractivity contribution is -0.212. The predicted octanol–water partition coefficient (Wildman–Crippen LogP) is 3.52. The standard InChI is InChI=1S/C17H16ClF3N4O/c18-16-7-15(24-13-3-5-14(26)6-4-13)12(9-22-16)2-1-11-8-23-25(10-11)17(19,20)21/h7-10,13-14,26H,3-6H2,(H,22,24). The molecule has 5 nitrogen and oxygen atoms in total. The van der Waals surface area contributed by atoms with Crippen molar-refractivity contribution in [3.8, 4) is 11.8 Å². The fourth-order valence-electron chi connectivity index (χ4n) is 2.75. The molecular formula is C17H16ClF3N4O. The molecule has 1 aliphatic carbocycles. The number of pyridine rings is 1. The van der Waals surface area contributed by atoms with Crippen LogP contribution in [-0.4, -0.2) is 32.0 Å². The molecule has 1 aliphatic rings. The van der Waals surface area contributed by atoms with Crippen molar-refractivity contribution in [2.45, 2.75) is 44.1 Å². The van der Waals surface area contributed by atoms with Crippen LogP contribution in [0.3, 0.4) is 0 Å². The van der Waals surface area contributed by atoms with E-state index in [1.807, 2.05) is 0 Å². The minimum Gasteiger partial charge on any atom is -0.393 e. The third-order valence-electron chi connectivity index (χ3n) is 4.11. The third-order valence-corrected chi connectivity index (χ3v) is 4.32. The molecule has 0 amide bonds. The van der Waals surface area contributed by atoms with Gasteiger partial charge in [0.25, 0.3) is 0 Å². The molecule has 0 bridgehead atoms. The molecular weight excluding hydrogens is 369 g/mol. The first kappa shape index (κ1) is 18.5. The van der Waals surface area contributed by atoms with Crippen molar-refractivity contribution < 1.29 is 18.3 Å². The Morgan fingerprint density at radius 2 is 1.92 bits per heavy atom. The molecule has 3 rings (SSSR count). The maximum Gasteiger partial charge on any atom is 0.504 e. The minimum absolute atomic E-state index is 0.0936. The van der Waals surface area contributed by atoms with Crippen molar-refractivity contribution in [3.05, 3.63) is 40.9 Å². The van der Waals surface area contributed by atoms with Crippen LogP contribution < -0.4 is 5.32 Å². The summed E-state index contributed by atoms with van der Waals surface area (Å²) in [6, 6.07) is 1.81. The maximum atomic E-state index is 12.6. The lowest BCUT2D eigenvalue weighted by Crippen LogP contribution is -2.28. The van der Waals surface area contributed by atoms with Gasteiger partial charge in [-0.2, -0.15) is 9.78 Å². The van der Waals surface area contributed by atoms with Crippen LogP contribution in [0.25, 0.3) is 0 Å². The van der Waals surface area contributed by atoms with E-state index in [0.29, 0.717) is 29.2 Å². The van der Waals surface area contributed by atoms with E-state index in [2.05, 4.69) is 27.2 Å². The molecule has 1 saturated carbocycles. The summed E-state index contributed by atoms with van der Waals surface area (Å²) in [6.45, 7) is 0. The second-order valence-electron chi connectivity index (χ2n) is 6.09. The van der Waals surface area contributed by atoms with Gasteiger partial charge in [0.05, 0.1) is 29.1 Å². The van der Waals surface area contributed by atoms with Gasteiger partial charge in [0.15, 0.2) is 0 Å². The molecule has 2 N–H and O–H groups in total. The van der Waals surface area contributed by atoms with E-state index >= 15 is 0 Å². The summed E-state index contributed by atoms with van der Waals surface area (Å²) >= 11 is 5.95. The molecule has 0 radical (unpaired) electrons. The van der Waals surface area contributed by atoms with Gasteiger partial charge in [0, 0.05) is 18.4 Å². The van der Waals surface area contributed by atoms with Gasteiger partial charge in [-0.05, 0) is 31.7 Å². The SMILES string of the molecule is OC1CCC(Nc2cc(Cl)ncc2C#Cc2cnn(C(F)(F)F)c2)CC1. The van der Waals surface area contributed by atoms with Gasteiger partial charge < -0.3 is 10.4 Å². The van der Waals surface area contributed by atoms with E-state index in [1.165, 1.54) is 6.20 Å². The summed E-state index contributed by atoms with van der Waals surface area (Å²) in [6.07, 6.45) is 1.58. The van der Waals surface area contributed by atoms with E-state index in [4.69, 9.17) is 11.6 Å². The van der Waals surface area contributed by atoms with Crippen LogP contribution >= 0.6 is 11.6 Å². The van der Waals surface area contributed by atoms with Crippen LogP contribution in [0.1, 0.15) is 36.8 Å². The first-order valence-corrected chi connectivity index (χ1v) is 8.43. The van der Waals surface area contributed by atoms with Gasteiger partial charge in [-0.1, -0.05) is 23.4 Å². The summed E-state index contributed by atoms with van der Waals surface area (Å²) in [5.41, 5.74) is 1.34. The highest BCUT2D eigenvalue weighted by Gasteiger charge is 2.31. The van der Waals surface area contributed by atoms with Crippen LogP contribution in [0.5, 0.6) is 0 Å². The van der Waals surface area contributed by atoms with Gasteiger partial charge in [-0.3, -0.25) is 0 Å². The van der Waals surface area contributed by atoms with Crippen molar-refractivity contribution >= 4 is 17.3 Å². The Morgan fingerprint density at radius 3 is 2.58 bits per heavy atom. The summed E-state index contributed by atoms with van der Waals surface area (Å²) in [5, 5.41) is 16.5. The summed E-state index contributed by atoms with van der Waals surface area (Å²) in [4.78, 5) is 3.98. The second-order valence-corrected chi connectivity index (χ2v) is 6.48. The Bertz CT molecular complexity index is 833. The number of hydrogen-bond donors (Lipinski definition) is 2. The van der Waals surface area contributed by atoms with Crippen molar-refractivity contribution in [2.75, 3.05) is 5.32 Å². The Kier molecular flexibility index (Phi) is 5.39. The Balaban J connectivity index is 1.79.